The van der Waals surface area contributed by atoms with Gasteiger partial charge in [-0.25, -0.2) is 16.8 Å². The van der Waals surface area contributed by atoms with Crippen LogP contribution in [0.5, 0.6) is 0 Å². The van der Waals surface area contributed by atoms with Crippen molar-refractivity contribution in [2.45, 2.75) is 0 Å². The van der Waals surface area contributed by atoms with E-state index in [1.807, 2.05) is 4.90 Å². The van der Waals surface area contributed by atoms with Gasteiger partial charge in [-0.1, -0.05) is 0 Å². The Kier molecular flexibility index (Phi) is 4.72. The van der Waals surface area contributed by atoms with E-state index < -0.39 is 19.7 Å². The predicted molar refractivity (Wildman–Crippen MR) is 62.8 cm³/mol. The summed E-state index contributed by atoms with van der Waals surface area (Å²) in [6.07, 6.45) is 0. The highest BCUT2D eigenvalue weighted by atomic mass is 32.2. The fourth-order valence-electron chi connectivity index (χ4n) is 1.52. The number of nitrogens with zero attached hydrogens (tertiary/aromatic N) is 1. The molecular weight excluding hydrogens is 252 g/mol. The van der Waals surface area contributed by atoms with Gasteiger partial charge in [0.15, 0.2) is 19.7 Å². The van der Waals surface area contributed by atoms with E-state index in [1.54, 1.807) is 0 Å². The number of hydrogen-bond acceptors (Lipinski definition) is 6. The van der Waals surface area contributed by atoms with E-state index in [0.29, 0.717) is 19.6 Å². The second-order valence-electron chi connectivity index (χ2n) is 3.93. The highest BCUT2D eigenvalue weighted by Crippen LogP contribution is 2.04. The van der Waals surface area contributed by atoms with Gasteiger partial charge in [0, 0.05) is 26.2 Å². The standard InChI is InChI=1S/C8H18N2O4S2/c9-1-5-15(11,12)6-2-10-3-7-16(13,14)8-4-10/h1-9H2. The summed E-state index contributed by atoms with van der Waals surface area (Å²) < 4.78 is 45.0. The summed E-state index contributed by atoms with van der Waals surface area (Å²) >= 11 is 0. The van der Waals surface area contributed by atoms with Crippen molar-refractivity contribution < 1.29 is 16.8 Å². The molecule has 96 valence electrons. The van der Waals surface area contributed by atoms with Gasteiger partial charge in [-0.05, 0) is 0 Å². The SMILES string of the molecule is NCCS(=O)(=O)CCN1CCS(=O)(=O)CC1. The molecule has 1 aliphatic rings. The summed E-state index contributed by atoms with van der Waals surface area (Å²) in [5.41, 5.74) is 5.19. The highest BCUT2D eigenvalue weighted by molar-refractivity contribution is 7.91. The maximum Gasteiger partial charge on any atom is 0.152 e. The molecule has 0 amide bonds. The van der Waals surface area contributed by atoms with Gasteiger partial charge >= 0.3 is 0 Å². The van der Waals surface area contributed by atoms with Crippen LogP contribution in [0.1, 0.15) is 0 Å². The molecule has 0 spiro atoms. The molecule has 0 bridgehead atoms. The molecule has 1 aliphatic heterocycles. The Morgan fingerprint density at radius 1 is 1.12 bits per heavy atom. The van der Waals surface area contributed by atoms with Gasteiger partial charge in [0.25, 0.3) is 0 Å². The Balaban J connectivity index is 2.36. The summed E-state index contributed by atoms with van der Waals surface area (Å²) in [6.45, 7) is 1.40. The van der Waals surface area contributed by atoms with Crippen LogP contribution in [0.4, 0.5) is 0 Å². The number of sulfone groups is 2. The van der Waals surface area contributed by atoms with E-state index in [-0.39, 0.29) is 29.6 Å². The zero-order valence-corrected chi connectivity index (χ0v) is 10.8. The lowest BCUT2D eigenvalue weighted by molar-refractivity contribution is 0.312. The van der Waals surface area contributed by atoms with Gasteiger partial charge in [-0.2, -0.15) is 0 Å². The lowest BCUT2D eigenvalue weighted by Crippen LogP contribution is -2.42. The Morgan fingerprint density at radius 2 is 1.69 bits per heavy atom. The van der Waals surface area contributed by atoms with E-state index in [2.05, 4.69) is 0 Å². The molecule has 0 saturated carbocycles. The van der Waals surface area contributed by atoms with Crippen molar-refractivity contribution in [3.63, 3.8) is 0 Å². The Hall–Kier alpha value is -0.180. The fourth-order valence-corrected chi connectivity index (χ4v) is 3.90. The zero-order valence-electron chi connectivity index (χ0n) is 9.13. The summed E-state index contributed by atoms with van der Waals surface area (Å²) in [6, 6.07) is 0. The fraction of sp³-hybridized carbons (Fsp3) is 1.00. The monoisotopic (exact) mass is 270 g/mol. The molecule has 1 rings (SSSR count). The van der Waals surface area contributed by atoms with Crippen LogP contribution in [-0.2, 0) is 19.7 Å². The summed E-state index contributed by atoms with van der Waals surface area (Å²) in [5, 5.41) is 0. The normalized spacial score (nSPS) is 22.1. The summed E-state index contributed by atoms with van der Waals surface area (Å²) in [4.78, 5) is 1.87. The van der Waals surface area contributed by atoms with Crippen molar-refractivity contribution >= 4 is 19.7 Å². The Labute approximate surface area is 96.6 Å². The molecule has 6 nitrogen and oxygen atoms in total. The van der Waals surface area contributed by atoms with Crippen molar-refractivity contribution in [1.82, 2.24) is 4.90 Å². The van der Waals surface area contributed by atoms with Crippen molar-refractivity contribution in [1.29, 1.82) is 0 Å². The second kappa shape index (κ2) is 5.44. The van der Waals surface area contributed by atoms with Crippen LogP contribution < -0.4 is 5.73 Å². The molecule has 8 heteroatoms. The van der Waals surface area contributed by atoms with Crippen LogP contribution in [0.25, 0.3) is 0 Å². The van der Waals surface area contributed by atoms with Crippen LogP contribution >= 0.6 is 0 Å². The molecule has 1 saturated heterocycles. The molecule has 0 aromatic carbocycles. The van der Waals surface area contributed by atoms with Gasteiger partial charge in [0.1, 0.15) is 0 Å². The smallest absolute Gasteiger partial charge is 0.152 e. The van der Waals surface area contributed by atoms with E-state index in [4.69, 9.17) is 5.73 Å². The molecule has 0 unspecified atom stereocenters. The minimum absolute atomic E-state index is 0.000855. The molecule has 0 atom stereocenters. The Morgan fingerprint density at radius 3 is 2.19 bits per heavy atom. The summed E-state index contributed by atoms with van der Waals surface area (Å²) in [5.74, 6) is 0.317. The van der Waals surface area contributed by atoms with Crippen molar-refractivity contribution in [3.05, 3.63) is 0 Å². The third-order valence-electron chi connectivity index (χ3n) is 2.58. The molecule has 0 radical (unpaired) electrons. The van der Waals surface area contributed by atoms with Crippen molar-refractivity contribution in [3.8, 4) is 0 Å². The average Bonchev–Trinajstić information content (AvgIpc) is 2.16. The topological polar surface area (TPSA) is 97.5 Å². The molecule has 0 aliphatic carbocycles. The minimum Gasteiger partial charge on any atom is -0.329 e. The van der Waals surface area contributed by atoms with Crippen LogP contribution in [0.2, 0.25) is 0 Å². The quantitative estimate of drug-likeness (QED) is 0.626. The largest absolute Gasteiger partial charge is 0.329 e. The first-order valence-corrected chi connectivity index (χ1v) is 8.82. The lowest BCUT2D eigenvalue weighted by Gasteiger charge is -2.26. The van der Waals surface area contributed by atoms with Gasteiger partial charge in [0.05, 0.1) is 23.0 Å². The molecule has 1 heterocycles. The van der Waals surface area contributed by atoms with Crippen LogP contribution in [0.15, 0.2) is 0 Å². The van der Waals surface area contributed by atoms with Crippen molar-refractivity contribution in [2.75, 3.05) is 49.2 Å². The van der Waals surface area contributed by atoms with Crippen LogP contribution in [0, 0.1) is 0 Å². The molecule has 0 aromatic rings. The Bertz CT molecular complexity index is 401. The van der Waals surface area contributed by atoms with Crippen LogP contribution in [0.3, 0.4) is 0 Å². The summed E-state index contributed by atoms with van der Waals surface area (Å²) in [7, 11) is -5.97. The molecule has 0 aromatic heterocycles. The van der Waals surface area contributed by atoms with Gasteiger partial charge in [-0.15, -0.1) is 0 Å². The third kappa shape index (κ3) is 4.77. The number of rotatable bonds is 5. The third-order valence-corrected chi connectivity index (χ3v) is 5.86. The predicted octanol–water partition coefficient (Wildman–Crippen LogP) is -1.91. The first kappa shape index (κ1) is 13.9. The van der Waals surface area contributed by atoms with E-state index in [0.717, 1.165) is 0 Å². The molecular formula is C8H18N2O4S2. The van der Waals surface area contributed by atoms with Crippen molar-refractivity contribution in [2.24, 2.45) is 5.73 Å². The van der Waals surface area contributed by atoms with Gasteiger partial charge in [0.2, 0.25) is 0 Å². The van der Waals surface area contributed by atoms with Gasteiger partial charge < -0.3 is 10.6 Å². The maximum absolute atomic E-state index is 11.4. The van der Waals surface area contributed by atoms with E-state index >= 15 is 0 Å². The molecule has 2 N–H and O–H groups in total. The number of nitrogens with two attached hydrogens (primary N) is 1. The maximum atomic E-state index is 11.4. The molecule has 16 heavy (non-hydrogen) atoms. The average molecular weight is 270 g/mol. The minimum atomic E-state index is -3.08. The van der Waals surface area contributed by atoms with Gasteiger partial charge in [-0.3, -0.25) is 0 Å². The highest BCUT2D eigenvalue weighted by Gasteiger charge is 2.22. The second-order valence-corrected chi connectivity index (χ2v) is 8.54. The van der Waals surface area contributed by atoms with E-state index in [1.165, 1.54) is 0 Å². The van der Waals surface area contributed by atoms with Crippen LogP contribution in [-0.4, -0.2) is 70.9 Å². The molecule has 1 fully saturated rings. The zero-order chi connectivity index (χ0) is 12.2. The first-order valence-electron chi connectivity index (χ1n) is 5.18. The lowest BCUT2D eigenvalue weighted by atomic mass is 10.5. The number of hydrogen-bond donors (Lipinski definition) is 1. The van der Waals surface area contributed by atoms with E-state index in [9.17, 15) is 16.8 Å². The first-order chi connectivity index (χ1) is 7.35.